The molecule has 0 aliphatic rings. The zero-order chi connectivity index (χ0) is 7.52. The van der Waals surface area contributed by atoms with Gasteiger partial charge in [-0.2, -0.15) is 0 Å². The minimum absolute atomic E-state index is 0.779. The quantitative estimate of drug-likeness (QED) is 0.612. The van der Waals surface area contributed by atoms with Crippen LogP contribution in [0.25, 0.3) is 11.5 Å². The lowest BCUT2D eigenvalue weighted by Crippen LogP contribution is -1.77. The van der Waals surface area contributed by atoms with Gasteiger partial charge in [-0.1, -0.05) is 6.07 Å². The number of nitrogens with zero attached hydrogens (tertiary/aromatic N) is 1. The Kier molecular flexibility index (Phi) is 1.44. The molecule has 11 heavy (non-hydrogen) atoms. The highest BCUT2D eigenvalue weighted by molar-refractivity contribution is 5.50. The minimum atomic E-state index is 0.779. The molecule has 0 aliphatic carbocycles. The molecule has 0 spiro atoms. The summed E-state index contributed by atoms with van der Waals surface area (Å²) < 4.78 is 5.14. The summed E-state index contributed by atoms with van der Waals surface area (Å²) in [4.78, 5) is 4.00. The van der Waals surface area contributed by atoms with Crippen molar-refractivity contribution in [1.29, 1.82) is 0 Å². The first-order chi connectivity index (χ1) is 5.47. The second-order valence-corrected chi connectivity index (χ2v) is 2.13. The summed E-state index contributed by atoms with van der Waals surface area (Å²) in [7, 11) is 0. The van der Waals surface area contributed by atoms with Crippen molar-refractivity contribution in [3.63, 3.8) is 0 Å². The van der Waals surface area contributed by atoms with Crippen molar-refractivity contribution in [2.24, 2.45) is 0 Å². The van der Waals surface area contributed by atoms with Crippen LogP contribution in [0.1, 0.15) is 0 Å². The summed E-state index contributed by atoms with van der Waals surface area (Å²) in [6.07, 6.45) is 4.37. The molecule has 0 unspecified atom stereocenters. The molecule has 2 heteroatoms. The van der Waals surface area contributed by atoms with E-state index in [0.29, 0.717) is 0 Å². The molecule has 2 heterocycles. The van der Waals surface area contributed by atoms with Gasteiger partial charge in [-0.3, -0.25) is 0 Å². The van der Waals surface area contributed by atoms with Crippen LogP contribution in [-0.2, 0) is 0 Å². The van der Waals surface area contributed by atoms with Crippen LogP contribution in [0.4, 0.5) is 0 Å². The van der Waals surface area contributed by atoms with E-state index in [4.69, 9.17) is 4.42 Å². The smallest absolute Gasteiger partial charge is 0.152 e. The predicted molar refractivity (Wildman–Crippen MR) is 40.8 cm³/mol. The summed E-state index contributed by atoms with van der Waals surface area (Å²) in [5.41, 5.74) is 0.817. The first kappa shape index (κ1) is 6.16. The molecule has 0 saturated carbocycles. The molecular formula is C9H6NO. The number of pyridine rings is 1. The van der Waals surface area contributed by atoms with Gasteiger partial charge in [0, 0.05) is 0 Å². The maximum atomic E-state index is 5.14. The number of hydrogen-bond donors (Lipinski definition) is 0. The van der Waals surface area contributed by atoms with Crippen LogP contribution in [0.2, 0.25) is 0 Å². The van der Waals surface area contributed by atoms with Gasteiger partial charge in [-0.15, -0.1) is 0 Å². The summed E-state index contributed by atoms with van der Waals surface area (Å²) >= 11 is 0. The molecule has 1 radical (unpaired) electrons. The molecule has 0 bridgehead atoms. The van der Waals surface area contributed by atoms with Gasteiger partial charge in [0.2, 0.25) is 0 Å². The van der Waals surface area contributed by atoms with E-state index in [1.807, 2.05) is 24.3 Å². The summed E-state index contributed by atoms with van der Waals surface area (Å²) in [5, 5.41) is 0. The largest absolute Gasteiger partial charge is 0.463 e. The van der Waals surface area contributed by atoms with Gasteiger partial charge in [0.05, 0.1) is 12.5 Å². The summed E-state index contributed by atoms with van der Waals surface area (Å²) in [6.45, 7) is 0. The number of rotatable bonds is 1. The molecule has 2 rings (SSSR count). The highest BCUT2D eigenvalue weighted by atomic mass is 16.3. The van der Waals surface area contributed by atoms with Crippen LogP contribution in [0.15, 0.2) is 41.0 Å². The third-order valence-electron chi connectivity index (χ3n) is 1.38. The van der Waals surface area contributed by atoms with Crippen LogP contribution in [0.5, 0.6) is 0 Å². The van der Waals surface area contributed by atoms with Crippen LogP contribution in [0.3, 0.4) is 0 Å². The van der Waals surface area contributed by atoms with Crippen molar-refractivity contribution in [2.75, 3.05) is 0 Å². The van der Waals surface area contributed by atoms with E-state index < -0.39 is 0 Å². The van der Waals surface area contributed by atoms with Gasteiger partial charge < -0.3 is 4.42 Å². The number of hydrogen-bond acceptors (Lipinski definition) is 2. The number of furan rings is 1. The highest BCUT2D eigenvalue weighted by Crippen LogP contribution is 2.15. The van der Waals surface area contributed by atoms with Crippen molar-refractivity contribution < 1.29 is 4.42 Å². The van der Waals surface area contributed by atoms with Crippen LogP contribution in [0, 0.1) is 6.20 Å². The third-order valence-corrected chi connectivity index (χ3v) is 1.38. The Morgan fingerprint density at radius 1 is 1.27 bits per heavy atom. The molecule has 0 amide bonds. The summed E-state index contributed by atoms with van der Waals surface area (Å²) in [5.74, 6) is 0.779. The molecular weight excluding hydrogens is 138 g/mol. The monoisotopic (exact) mass is 144 g/mol. The average Bonchev–Trinajstić information content (AvgIpc) is 2.58. The molecule has 0 fully saturated rings. The average molecular weight is 144 g/mol. The van der Waals surface area contributed by atoms with E-state index in [1.54, 1.807) is 12.3 Å². The van der Waals surface area contributed by atoms with Crippen molar-refractivity contribution in [3.8, 4) is 11.5 Å². The van der Waals surface area contributed by atoms with Crippen molar-refractivity contribution in [1.82, 2.24) is 4.98 Å². The zero-order valence-electron chi connectivity index (χ0n) is 5.82. The molecule has 2 aromatic rings. The molecule has 2 nitrogen and oxygen atoms in total. The Labute approximate surface area is 64.5 Å². The van der Waals surface area contributed by atoms with Crippen molar-refractivity contribution in [3.05, 3.63) is 42.8 Å². The Hall–Kier alpha value is -1.57. The highest BCUT2D eigenvalue weighted by Gasteiger charge is 1.98. The van der Waals surface area contributed by atoms with Gasteiger partial charge in [0.15, 0.2) is 5.76 Å². The van der Waals surface area contributed by atoms with Crippen molar-refractivity contribution >= 4 is 0 Å². The molecule has 0 N–H and O–H groups in total. The zero-order valence-corrected chi connectivity index (χ0v) is 5.82. The Bertz CT molecular complexity index is 313. The normalized spacial score (nSPS) is 9.82. The Balaban J connectivity index is 2.46. The number of aromatic nitrogens is 1. The lowest BCUT2D eigenvalue weighted by molar-refractivity contribution is 0.580. The Morgan fingerprint density at radius 2 is 2.27 bits per heavy atom. The van der Waals surface area contributed by atoms with Gasteiger partial charge in [-0.05, 0) is 24.3 Å². The first-order valence-electron chi connectivity index (χ1n) is 3.34. The molecule has 0 atom stereocenters. The van der Waals surface area contributed by atoms with E-state index in [-0.39, 0.29) is 0 Å². The predicted octanol–water partition coefficient (Wildman–Crippen LogP) is 2.14. The van der Waals surface area contributed by atoms with Crippen molar-refractivity contribution in [2.45, 2.75) is 0 Å². The van der Waals surface area contributed by atoms with E-state index in [0.717, 1.165) is 11.5 Å². The lowest BCUT2D eigenvalue weighted by Gasteiger charge is -1.91. The summed E-state index contributed by atoms with van der Waals surface area (Å²) in [6, 6.07) is 9.23. The minimum Gasteiger partial charge on any atom is -0.463 e. The fourth-order valence-electron chi connectivity index (χ4n) is 0.888. The fourth-order valence-corrected chi connectivity index (χ4v) is 0.888. The Morgan fingerprint density at radius 3 is 2.91 bits per heavy atom. The van der Waals surface area contributed by atoms with Crippen LogP contribution >= 0.6 is 0 Å². The first-order valence-corrected chi connectivity index (χ1v) is 3.34. The van der Waals surface area contributed by atoms with E-state index >= 15 is 0 Å². The van der Waals surface area contributed by atoms with E-state index in [9.17, 15) is 0 Å². The molecule has 2 aromatic heterocycles. The maximum Gasteiger partial charge on any atom is 0.152 e. The van der Waals surface area contributed by atoms with E-state index in [2.05, 4.69) is 11.2 Å². The van der Waals surface area contributed by atoms with Gasteiger partial charge in [0.25, 0.3) is 0 Å². The standard InChI is InChI=1S/C9H6NO/c1-2-6-10-8(4-1)9-5-3-7-11-9/h1-5,7H. The SMILES string of the molecule is [c]1cccc(-c2ccco2)n1. The second kappa shape index (κ2) is 2.58. The van der Waals surface area contributed by atoms with Gasteiger partial charge >= 0.3 is 0 Å². The molecule has 0 saturated heterocycles. The van der Waals surface area contributed by atoms with Gasteiger partial charge in [0.1, 0.15) is 5.69 Å². The lowest BCUT2D eigenvalue weighted by atomic mass is 10.3. The molecule has 0 aromatic carbocycles. The van der Waals surface area contributed by atoms with Crippen LogP contribution < -0.4 is 0 Å². The second-order valence-electron chi connectivity index (χ2n) is 2.13. The van der Waals surface area contributed by atoms with Gasteiger partial charge in [-0.25, -0.2) is 4.98 Å². The van der Waals surface area contributed by atoms with Crippen LogP contribution in [-0.4, -0.2) is 4.98 Å². The molecule has 0 aliphatic heterocycles. The third kappa shape index (κ3) is 1.15. The molecule has 53 valence electrons. The fraction of sp³-hybridized carbons (Fsp3) is 0. The maximum absolute atomic E-state index is 5.14. The van der Waals surface area contributed by atoms with E-state index in [1.165, 1.54) is 0 Å². The topological polar surface area (TPSA) is 26.0 Å².